The largest absolute Gasteiger partial charge is 0.508 e. The molecule has 0 saturated heterocycles. The molecule has 274 valence electrons. The Morgan fingerprint density at radius 1 is 0.623 bits per heavy atom. The summed E-state index contributed by atoms with van der Waals surface area (Å²) in [5, 5.41) is 32.0. The summed E-state index contributed by atoms with van der Waals surface area (Å²) < 4.78 is 11.2. The van der Waals surface area contributed by atoms with Gasteiger partial charge in [0.2, 0.25) is 5.91 Å². The lowest BCUT2D eigenvalue weighted by Gasteiger charge is -2.18. The molecule has 9 heteroatoms. The van der Waals surface area contributed by atoms with Gasteiger partial charge in [0.15, 0.2) is 5.84 Å². The lowest BCUT2D eigenvalue weighted by Crippen LogP contribution is -2.16. The van der Waals surface area contributed by atoms with Gasteiger partial charge in [-0.2, -0.15) is 0 Å². The van der Waals surface area contributed by atoms with Crippen LogP contribution >= 0.6 is 0 Å². The molecule has 6 aromatic rings. The molecule has 0 bridgehead atoms. The Morgan fingerprint density at radius 2 is 1.02 bits per heavy atom. The number of nitrogens with zero attached hydrogens (tertiary/aromatic N) is 1. The molecule has 9 nitrogen and oxygen atoms in total. The molecule has 4 aromatic carbocycles. The Labute approximate surface area is 310 Å². The predicted octanol–water partition coefficient (Wildman–Crippen LogP) is 9.97. The van der Waals surface area contributed by atoms with E-state index in [-0.39, 0.29) is 17.3 Å². The van der Waals surface area contributed by atoms with Crippen LogP contribution in [0.2, 0.25) is 0 Å². The van der Waals surface area contributed by atoms with Gasteiger partial charge in [-0.05, 0) is 121 Å². The third-order valence-electron chi connectivity index (χ3n) is 9.30. The molecule has 2 heterocycles. The number of aryl methyl sites for hydroxylation is 6. The van der Waals surface area contributed by atoms with Crippen LogP contribution in [0.15, 0.2) is 99.3 Å². The quantitative estimate of drug-likeness (QED) is 0.0407. The predicted molar refractivity (Wildman–Crippen MR) is 210 cm³/mol. The maximum absolute atomic E-state index is 12.3. The summed E-state index contributed by atoms with van der Waals surface area (Å²) in [5.41, 5.74) is 24.3. The number of carbonyl (C=O) groups excluding carboxylic acids is 1. The second-order valence-electron chi connectivity index (χ2n) is 13.3. The van der Waals surface area contributed by atoms with E-state index >= 15 is 0 Å². The molecule has 0 aliphatic carbocycles. The number of carbonyl (C=O) groups is 1. The van der Waals surface area contributed by atoms with Crippen molar-refractivity contribution >= 4 is 11.7 Å². The van der Waals surface area contributed by atoms with E-state index in [1.807, 2.05) is 64.1 Å². The third kappa shape index (κ3) is 8.15. The Kier molecular flexibility index (Phi) is 11.8. The topological polar surface area (TPSA) is 168 Å². The van der Waals surface area contributed by atoms with Crippen molar-refractivity contribution in [1.82, 2.24) is 0 Å². The Morgan fingerprint density at radius 3 is 1.36 bits per heavy atom. The lowest BCUT2D eigenvalue weighted by molar-refractivity contribution is 0.100. The average Bonchev–Trinajstić information content (AvgIpc) is 3.66. The Bertz CT molecular complexity index is 2220. The van der Waals surface area contributed by atoms with Crippen LogP contribution in [0.1, 0.15) is 76.4 Å². The molecular weight excluding hydrogens is 666 g/mol. The highest BCUT2D eigenvalue weighted by Crippen LogP contribution is 2.42. The van der Waals surface area contributed by atoms with Gasteiger partial charge in [0.05, 0.1) is 12.5 Å². The van der Waals surface area contributed by atoms with E-state index in [4.69, 9.17) is 20.3 Å². The molecule has 2 aromatic heterocycles. The number of hydrogen-bond acceptors (Lipinski definition) is 7. The number of rotatable bonds is 10. The molecule has 0 fully saturated rings. The van der Waals surface area contributed by atoms with Gasteiger partial charge in [-0.25, -0.2) is 0 Å². The van der Waals surface area contributed by atoms with Gasteiger partial charge in [0, 0.05) is 33.4 Å². The number of primary amides is 1. The number of amides is 1. The molecule has 0 aliphatic rings. The molecule has 53 heavy (non-hydrogen) atoms. The molecular formula is C44H47N3O6. The third-order valence-corrected chi connectivity index (χ3v) is 9.30. The molecule has 0 radical (unpaired) electrons. The molecule has 7 N–H and O–H groups in total. The first kappa shape index (κ1) is 38.0. The zero-order valence-electron chi connectivity index (χ0n) is 31.1. The smallest absolute Gasteiger partial charge is 0.249 e. The van der Waals surface area contributed by atoms with Crippen molar-refractivity contribution < 1.29 is 29.0 Å². The van der Waals surface area contributed by atoms with Crippen molar-refractivity contribution in [3.05, 3.63) is 130 Å². The van der Waals surface area contributed by atoms with Gasteiger partial charge in [-0.1, -0.05) is 68.2 Å². The minimum atomic E-state index is -0.460. The number of amidine groups is 1. The lowest BCUT2D eigenvalue weighted by atomic mass is 9.86. The number of oxime groups is 1. The van der Waals surface area contributed by atoms with E-state index in [0.29, 0.717) is 11.1 Å². The van der Waals surface area contributed by atoms with Gasteiger partial charge in [0.25, 0.3) is 0 Å². The molecule has 0 aliphatic heterocycles. The number of nitrogens with two attached hydrogens (primary N) is 2. The maximum atomic E-state index is 12.3. The minimum absolute atomic E-state index is 0.0583. The SMILES string of the molecule is CCCc1cc(C(N)=NO)c(-c2c(C)coc2C)c(-c2ccc(O)cc2)c1.CCCc1cc(C(N)=O)c(-c2c(C)coc2C)c(-c2ccc(O)cc2)c1. The molecule has 0 unspecified atom stereocenters. The summed E-state index contributed by atoms with van der Waals surface area (Å²) in [6.07, 6.45) is 7.08. The Hall–Kier alpha value is -6.22. The average molecular weight is 714 g/mol. The maximum Gasteiger partial charge on any atom is 0.249 e. The van der Waals surface area contributed by atoms with Gasteiger partial charge in [-0.15, -0.1) is 0 Å². The molecule has 6 rings (SSSR count). The molecule has 0 saturated carbocycles. The van der Waals surface area contributed by atoms with Crippen molar-refractivity contribution in [2.75, 3.05) is 0 Å². The van der Waals surface area contributed by atoms with Gasteiger partial charge < -0.3 is 35.7 Å². The zero-order chi connectivity index (χ0) is 38.4. The minimum Gasteiger partial charge on any atom is -0.508 e. The van der Waals surface area contributed by atoms with Crippen molar-refractivity contribution in [3.8, 4) is 56.0 Å². The van der Waals surface area contributed by atoms with Crippen LogP contribution in [0.4, 0.5) is 0 Å². The number of hydrogen-bond donors (Lipinski definition) is 5. The monoisotopic (exact) mass is 713 g/mol. The van der Waals surface area contributed by atoms with Crippen LogP contribution in [0, 0.1) is 27.7 Å². The second kappa shape index (κ2) is 16.4. The number of benzene rings is 4. The molecule has 0 spiro atoms. The fourth-order valence-corrected chi connectivity index (χ4v) is 6.89. The molecule has 1 amide bonds. The number of phenolic OH excluding ortho intramolecular Hbond substituents is 2. The van der Waals surface area contributed by atoms with Crippen molar-refractivity contribution in [2.24, 2.45) is 16.6 Å². The van der Waals surface area contributed by atoms with Crippen molar-refractivity contribution in [2.45, 2.75) is 67.2 Å². The summed E-state index contributed by atoms with van der Waals surface area (Å²) in [6.45, 7) is 11.9. The first-order valence-electron chi connectivity index (χ1n) is 17.7. The van der Waals surface area contributed by atoms with Gasteiger partial charge in [-0.3, -0.25) is 4.79 Å². The summed E-state index contributed by atoms with van der Waals surface area (Å²) in [5.74, 6) is 1.51. The van der Waals surface area contributed by atoms with Crippen molar-refractivity contribution in [1.29, 1.82) is 0 Å². The molecule has 0 atom stereocenters. The van der Waals surface area contributed by atoms with E-state index in [9.17, 15) is 20.2 Å². The van der Waals surface area contributed by atoms with Crippen LogP contribution in [0.3, 0.4) is 0 Å². The highest BCUT2D eigenvalue weighted by Gasteiger charge is 2.24. The fourth-order valence-electron chi connectivity index (χ4n) is 6.89. The summed E-state index contributed by atoms with van der Waals surface area (Å²) in [4.78, 5) is 12.3. The van der Waals surface area contributed by atoms with Crippen molar-refractivity contribution in [3.63, 3.8) is 0 Å². The van der Waals surface area contributed by atoms with Gasteiger partial charge >= 0.3 is 0 Å². The van der Waals surface area contributed by atoms with E-state index < -0.39 is 5.91 Å². The summed E-state index contributed by atoms with van der Waals surface area (Å²) >= 11 is 0. The first-order chi connectivity index (χ1) is 25.4. The highest BCUT2D eigenvalue weighted by atomic mass is 16.4. The van der Waals surface area contributed by atoms with Gasteiger partial charge in [0.1, 0.15) is 23.0 Å². The van der Waals surface area contributed by atoms with E-state index in [2.05, 4.69) is 31.1 Å². The first-order valence-corrected chi connectivity index (χ1v) is 17.7. The Balaban J connectivity index is 0.000000204. The van der Waals surface area contributed by atoms with Crippen LogP contribution in [0.5, 0.6) is 11.5 Å². The van der Waals surface area contributed by atoms with Crippen LogP contribution in [-0.2, 0) is 12.8 Å². The second-order valence-corrected chi connectivity index (χ2v) is 13.3. The van der Waals surface area contributed by atoms with E-state index in [1.165, 1.54) is 0 Å². The van der Waals surface area contributed by atoms with E-state index in [1.54, 1.807) is 36.8 Å². The number of furan rings is 2. The highest BCUT2D eigenvalue weighted by molar-refractivity contribution is 6.08. The zero-order valence-corrected chi connectivity index (χ0v) is 31.1. The fraction of sp³-hybridized carbons (Fsp3) is 0.227. The van der Waals surface area contributed by atoms with E-state index in [0.717, 1.165) is 104 Å². The van der Waals surface area contributed by atoms with Crippen LogP contribution in [-0.4, -0.2) is 27.2 Å². The number of phenols is 2. The number of aromatic hydroxyl groups is 2. The summed E-state index contributed by atoms with van der Waals surface area (Å²) in [6, 6.07) is 22.1. The standard InChI is InChI=1S/C22H24N2O3.C22H23NO3/c1-4-5-15-10-18(16-6-8-17(25)9-7-16)21(19(11-15)22(23)24-26)20-13(2)12-27-14(20)3;1-4-5-15-10-18(16-6-8-17(24)9-7-16)21(19(11-15)22(23)25)20-13(2)12-26-14(20)3/h6-12,25-26H,4-5H2,1-3H3,(H2,23,24);6-12,24H,4-5H2,1-3H3,(H2,23,25). The normalized spacial score (nSPS) is 11.3. The van der Waals surface area contributed by atoms with Crippen LogP contribution < -0.4 is 11.5 Å². The van der Waals surface area contributed by atoms with Crippen LogP contribution in [0.25, 0.3) is 44.5 Å². The summed E-state index contributed by atoms with van der Waals surface area (Å²) in [7, 11) is 0.